The SMILES string of the molecule is CCCNC(=O)c1cc(C(N)=O)c(OCCCCCN)cc1OCCCCCN.CN(C)CCNC(=O)c1cc(C(N)=O)c(OCCCCCN)cc1OCCCCCN.COc1cc(C)c(C(=O)CC2CCCCC2)cc1C(=O)CC1CCCCC1. The van der Waals surface area contributed by atoms with E-state index in [-0.39, 0.29) is 45.6 Å². The Kier molecular flexibility index (Phi) is 38.0. The van der Waals surface area contributed by atoms with Crippen LogP contribution in [0.15, 0.2) is 36.4 Å². The van der Waals surface area contributed by atoms with Crippen LogP contribution < -0.4 is 68.7 Å². The van der Waals surface area contributed by atoms with Gasteiger partial charge in [0.25, 0.3) is 23.6 Å². The van der Waals surface area contributed by atoms with Crippen molar-refractivity contribution in [2.24, 2.45) is 46.2 Å². The summed E-state index contributed by atoms with van der Waals surface area (Å²) in [5.74, 6) is 1.39. The molecule has 488 valence electrons. The molecule has 2 aliphatic carbocycles. The fourth-order valence-electron chi connectivity index (χ4n) is 10.5. The summed E-state index contributed by atoms with van der Waals surface area (Å²) in [6, 6.07) is 9.79. The van der Waals surface area contributed by atoms with Crippen molar-refractivity contribution in [3.8, 4) is 28.7 Å². The van der Waals surface area contributed by atoms with E-state index in [0.717, 1.165) is 115 Å². The number of rotatable bonds is 40. The Morgan fingerprint density at radius 2 is 0.816 bits per heavy atom. The molecule has 2 aliphatic rings. The first-order valence-corrected chi connectivity index (χ1v) is 32.3. The van der Waals surface area contributed by atoms with E-state index in [1.54, 1.807) is 19.2 Å². The highest BCUT2D eigenvalue weighted by Crippen LogP contribution is 2.35. The number of benzene rings is 3. The van der Waals surface area contributed by atoms with Crippen molar-refractivity contribution in [2.45, 2.75) is 174 Å². The summed E-state index contributed by atoms with van der Waals surface area (Å²) >= 11 is 0. The summed E-state index contributed by atoms with van der Waals surface area (Å²) in [6.45, 7) is 9.86. The summed E-state index contributed by atoms with van der Waals surface area (Å²) in [5, 5.41) is 5.66. The Morgan fingerprint density at radius 1 is 0.460 bits per heavy atom. The molecule has 0 bridgehead atoms. The monoisotopic (exact) mass is 1220 g/mol. The molecule has 0 aromatic heterocycles. The lowest BCUT2D eigenvalue weighted by atomic mass is 9.83. The number of amides is 4. The first-order valence-electron chi connectivity index (χ1n) is 32.3. The zero-order chi connectivity index (χ0) is 63.8. The number of nitrogens with one attached hydrogen (secondary N) is 2. The number of Topliss-reactive ketones (excluding diaryl/α,β-unsaturated/α-hetero) is 2. The predicted octanol–water partition coefficient (Wildman–Crippen LogP) is 9.34. The van der Waals surface area contributed by atoms with Crippen LogP contribution >= 0.6 is 0 Å². The number of unbranched alkanes of at least 4 members (excludes halogenated alkanes) is 8. The van der Waals surface area contributed by atoms with E-state index >= 15 is 0 Å². The zero-order valence-electron chi connectivity index (χ0n) is 53.5. The number of hydrogen-bond donors (Lipinski definition) is 8. The van der Waals surface area contributed by atoms with E-state index in [1.807, 2.05) is 45.0 Å². The molecule has 5 rings (SSSR count). The molecule has 0 unspecified atom stereocenters. The maximum atomic E-state index is 13.0. The molecule has 4 amide bonds. The molecule has 0 radical (unpaired) electrons. The number of ketones is 2. The third kappa shape index (κ3) is 28.6. The summed E-state index contributed by atoms with van der Waals surface area (Å²) < 4.78 is 28.8. The molecule has 0 saturated heterocycles. The second kappa shape index (κ2) is 44.2. The quantitative estimate of drug-likeness (QED) is 0.0194. The highest BCUT2D eigenvalue weighted by molar-refractivity contribution is 6.05. The molecule has 20 nitrogen and oxygen atoms in total. The second-order valence-electron chi connectivity index (χ2n) is 23.2. The van der Waals surface area contributed by atoms with Crippen molar-refractivity contribution in [3.05, 3.63) is 75.3 Å². The number of carbonyl (C=O) groups is 6. The van der Waals surface area contributed by atoms with Crippen LogP contribution in [-0.2, 0) is 0 Å². The second-order valence-corrected chi connectivity index (χ2v) is 23.2. The first kappa shape index (κ1) is 74.9. The van der Waals surface area contributed by atoms with Gasteiger partial charge in [-0.3, -0.25) is 28.8 Å². The van der Waals surface area contributed by atoms with Crippen molar-refractivity contribution in [1.29, 1.82) is 0 Å². The van der Waals surface area contributed by atoms with Gasteiger partial charge in [0, 0.05) is 50.2 Å². The highest BCUT2D eigenvalue weighted by Gasteiger charge is 2.26. The highest BCUT2D eigenvalue weighted by atomic mass is 16.5. The maximum Gasteiger partial charge on any atom is 0.255 e. The minimum atomic E-state index is -0.659. The Balaban J connectivity index is 0.000000342. The average Bonchev–Trinajstić information content (AvgIpc) is 1.82. The standard InChI is InChI=1S/C24H34O3.C22H39N5O4.C21H36N4O4/c1-17-13-24(27-2)21(23(26)15-19-11-7-4-8-12-19)16-20(17)22(25)14-18-9-5-3-6-10-18;1-27(2)12-11-26-22(29)18-15-17(21(25)28)19(30-13-7-3-5-9-23)16-20(18)31-14-8-4-6-10-24;1-2-11-25-21(27)17-14-16(20(24)26)18(28-12-7-3-5-9-22)15-19(17)29-13-8-4-6-10-23/h13,16,18-19H,3-12,14-15H2,1-2H3;15-16H,3-14,23-24H2,1-2H3,(H2,25,28)(H,26,29);14-15H,2-13,22-23H2,1H3,(H2,24,26)(H,25,27). The van der Waals surface area contributed by atoms with Crippen LogP contribution in [0, 0.1) is 18.8 Å². The van der Waals surface area contributed by atoms with Crippen molar-refractivity contribution >= 4 is 35.2 Å². The lowest BCUT2D eigenvalue weighted by Gasteiger charge is -2.22. The van der Waals surface area contributed by atoms with Gasteiger partial charge in [0.1, 0.15) is 28.7 Å². The minimum absolute atomic E-state index is 0.130. The van der Waals surface area contributed by atoms with E-state index in [9.17, 15) is 28.8 Å². The van der Waals surface area contributed by atoms with Gasteiger partial charge in [0.15, 0.2) is 11.6 Å². The van der Waals surface area contributed by atoms with Gasteiger partial charge in [-0.25, -0.2) is 0 Å². The van der Waals surface area contributed by atoms with Crippen LogP contribution in [-0.4, -0.2) is 134 Å². The van der Waals surface area contributed by atoms with Gasteiger partial charge in [-0.05, 0) is 172 Å². The molecular weight excluding hydrogens is 1110 g/mol. The maximum absolute atomic E-state index is 13.0. The molecule has 0 heterocycles. The first-order chi connectivity index (χ1) is 42.0. The van der Waals surface area contributed by atoms with Gasteiger partial charge < -0.3 is 73.6 Å². The summed E-state index contributed by atoms with van der Waals surface area (Å²) in [7, 11) is 5.45. The molecule has 0 spiro atoms. The van der Waals surface area contributed by atoms with E-state index < -0.39 is 11.8 Å². The molecular formula is C67H109N9O11. The molecule has 0 atom stereocenters. The number of primary amides is 2. The van der Waals surface area contributed by atoms with Crippen LogP contribution in [0.1, 0.15) is 235 Å². The normalized spacial score (nSPS) is 13.3. The predicted molar refractivity (Wildman–Crippen MR) is 346 cm³/mol. The van der Waals surface area contributed by atoms with E-state index in [0.29, 0.717) is 137 Å². The van der Waals surface area contributed by atoms with Crippen molar-refractivity contribution in [2.75, 3.05) is 93.4 Å². The van der Waals surface area contributed by atoms with Gasteiger partial charge >= 0.3 is 0 Å². The van der Waals surface area contributed by atoms with E-state index in [1.165, 1.54) is 50.7 Å². The number of nitrogens with zero attached hydrogens (tertiary/aromatic N) is 1. The molecule has 87 heavy (non-hydrogen) atoms. The Bertz CT molecular complexity index is 2530. The summed E-state index contributed by atoms with van der Waals surface area (Å²) in [5.41, 5.74) is 36.2. The Labute approximate surface area is 519 Å². The van der Waals surface area contributed by atoms with E-state index in [2.05, 4.69) is 10.6 Å². The van der Waals surface area contributed by atoms with Crippen molar-refractivity contribution < 1.29 is 52.5 Å². The fourth-order valence-corrected chi connectivity index (χ4v) is 10.5. The minimum Gasteiger partial charge on any atom is -0.496 e. The smallest absolute Gasteiger partial charge is 0.255 e. The molecule has 2 saturated carbocycles. The van der Waals surface area contributed by atoms with Crippen molar-refractivity contribution in [3.63, 3.8) is 0 Å². The molecule has 3 aromatic rings. The molecule has 20 heteroatoms. The van der Waals surface area contributed by atoms with Crippen LogP contribution in [0.2, 0.25) is 0 Å². The van der Waals surface area contributed by atoms with Gasteiger partial charge in [-0.15, -0.1) is 0 Å². The molecule has 2 fully saturated rings. The largest absolute Gasteiger partial charge is 0.496 e. The van der Waals surface area contributed by atoms with Gasteiger partial charge in [0.2, 0.25) is 0 Å². The molecule has 3 aromatic carbocycles. The lowest BCUT2D eigenvalue weighted by Crippen LogP contribution is -2.32. The third-order valence-corrected chi connectivity index (χ3v) is 15.5. The van der Waals surface area contributed by atoms with E-state index in [4.69, 9.17) is 58.1 Å². The molecule has 0 aliphatic heterocycles. The van der Waals surface area contributed by atoms with Gasteiger partial charge in [-0.2, -0.15) is 0 Å². The number of aryl methyl sites for hydroxylation is 1. The van der Waals surface area contributed by atoms with Crippen LogP contribution in [0.4, 0.5) is 0 Å². The number of methoxy groups -OCH3 is 1. The average molecular weight is 1220 g/mol. The fraction of sp³-hybridized carbons (Fsp3) is 0.642. The number of likely N-dealkylation sites (N-methyl/N-ethyl adjacent to an activating group) is 1. The van der Waals surface area contributed by atoms with Crippen molar-refractivity contribution in [1.82, 2.24) is 15.5 Å². The third-order valence-electron chi connectivity index (χ3n) is 15.5. The Hall–Kier alpha value is -6.32. The summed E-state index contributed by atoms with van der Waals surface area (Å²) in [6.07, 6.45) is 24.8. The van der Waals surface area contributed by atoms with Crippen LogP contribution in [0.5, 0.6) is 28.7 Å². The number of carbonyl (C=O) groups excluding carboxylic acids is 6. The topological polar surface area (TPSA) is 332 Å². The van der Waals surface area contributed by atoms with Gasteiger partial charge in [0.05, 0.1) is 61.4 Å². The summed E-state index contributed by atoms with van der Waals surface area (Å²) in [4.78, 5) is 77.2. The number of ether oxygens (including phenoxy) is 5. The van der Waals surface area contributed by atoms with Crippen LogP contribution in [0.3, 0.4) is 0 Å². The Morgan fingerprint density at radius 3 is 1.16 bits per heavy atom. The lowest BCUT2D eigenvalue weighted by molar-refractivity contribution is 0.0934. The zero-order valence-corrected chi connectivity index (χ0v) is 53.5. The van der Waals surface area contributed by atoms with Gasteiger partial charge in [-0.1, -0.05) is 71.1 Å². The number of hydrogen-bond acceptors (Lipinski definition) is 16. The molecule has 14 N–H and O–H groups in total. The number of nitrogens with two attached hydrogens (primary N) is 6. The van der Waals surface area contributed by atoms with Crippen LogP contribution in [0.25, 0.3) is 0 Å².